The summed E-state index contributed by atoms with van der Waals surface area (Å²) >= 11 is 0. The van der Waals surface area contributed by atoms with Gasteiger partial charge in [0.1, 0.15) is 11.5 Å². The summed E-state index contributed by atoms with van der Waals surface area (Å²) in [6.07, 6.45) is -5.09. The van der Waals surface area contributed by atoms with Crippen LogP contribution in [-0.2, 0) is 17.4 Å². The molecule has 2 heterocycles. The van der Waals surface area contributed by atoms with E-state index >= 15 is 0 Å². The molecule has 2 N–H and O–H groups in total. The number of carbonyl (C=O) groups excluding carboxylic acids is 1. The maximum atomic E-state index is 14.1. The second kappa shape index (κ2) is 8.18. The topological polar surface area (TPSA) is 98.6 Å². The van der Waals surface area contributed by atoms with Crippen LogP contribution in [0.4, 0.5) is 17.6 Å². The molecule has 0 saturated heterocycles. The highest BCUT2D eigenvalue weighted by Gasteiger charge is 2.33. The number of amides is 1. The predicted molar refractivity (Wildman–Crippen MR) is 103 cm³/mol. The molecule has 1 aromatic carbocycles. The molecule has 3 rings (SSSR count). The summed E-state index contributed by atoms with van der Waals surface area (Å²) in [5.74, 6) is -1.30. The number of aromatic nitrogens is 2. The first kappa shape index (κ1) is 22.0. The number of H-pyrrole nitrogens is 1. The number of nitriles is 1. The van der Waals surface area contributed by atoms with Gasteiger partial charge in [0.25, 0.3) is 5.56 Å². The zero-order chi connectivity index (χ0) is 22.9. The number of hydrogen-bond donors (Lipinski definition) is 2. The number of halogens is 4. The van der Waals surface area contributed by atoms with Crippen LogP contribution in [0.1, 0.15) is 40.9 Å². The summed E-state index contributed by atoms with van der Waals surface area (Å²) in [6, 6.07) is 6.73. The summed E-state index contributed by atoms with van der Waals surface area (Å²) in [7, 11) is 0. The first-order valence-electron chi connectivity index (χ1n) is 9.10. The van der Waals surface area contributed by atoms with Crippen LogP contribution in [0.25, 0.3) is 11.0 Å². The molecule has 0 aliphatic carbocycles. The summed E-state index contributed by atoms with van der Waals surface area (Å²) in [5, 5.41) is 11.3. The molecule has 0 saturated carbocycles. The number of alkyl halides is 3. The molecule has 2 aromatic heterocycles. The van der Waals surface area contributed by atoms with E-state index in [0.29, 0.717) is 0 Å². The fourth-order valence-corrected chi connectivity index (χ4v) is 3.21. The third-order valence-corrected chi connectivity index (χ3v) is 4.83. The Morgan fingerprint density at radius 2 is 2.00 bits per heavy atom. The van der Waals surface area contributed by atoms with Crippen LogP contribution in [0.2, 0.25) is 0 Å². The molecular formula is C21H16F4N4O2. The van der Waals surface area contributed by atoms with Crippen molar-refractivity contribution in [2.45, 2.75) is 32.5 Å². The molecule has 0 aliphatic heterocycles. The van der Waals surface area contributed by atoms with Gasteiger partial charge in [-0.15, -0.1) is 0 Å². The fraction of sp³-hybridized carbons (Fsp3) is 0.238. The van der Waals surface area contributed by atoms with E-state index in [9.17, 15) is 27.2 Å². The number of carbonyl (C=O) groups is 1. The summed E-state index contributed by atoms with van der Waals surface area (Å²) in [6.45, 7) is 2.94. The summed E-state index contributed by atoms with van der Waals surface area (Å²) in [4.78, 5) is 30.9. The molecule has 6 nitrogen and oxygen atoms in total. The third kappa shape index (κ3) is 4.55. The van der Waals surface area contributed by atoms with Gasteiger partial charge >= 0.3 is 6.18 Å². The van der Waals surface area contributed by atoms with Crippen molar-refractivity contribution in [1.29, 1.82) is 5.26 Å². The lowest BCUT2D eigenvalue weighted by Gasteiger charge is -2.16. The van der Waals surface area contributed by atoms with E-state index in [2.05, 4.69) is 15.3 Å². The van der Waals surface area contributed by atoms with Crippen molar-refractivity contribution in [2.24, 2.45) is 0 Å². The number of fused-ring (bicyclic) bond motifs is 1. The molecule has 0 spiro atoms. The van der Waals surface area contributed by atoms with Gasteiger partial charge in [0.05, 0.1) is 35.1 Å². The minimum absolute atomic E-state index is 0.0377. The third-order valence-electron chi connectivity index (χ3n) is 4.83. The number of aryl methyl sites for hydroxylation is 1. The number of nitrogens with one attached hydrogen (secondary N) is 2. The maximum absolute atomic E-state index is 14.1. The van der Waals surface area contributed by atoms with Crippen LogP contribution in [0.3, 0.4) is 0 Å². The Labute approximate surface area is 173 Å². The van der Waals surface area contributed by atoms with E-state index in [-0.39, 0.29) is 33.3 Å². The van der Waals surface area contributed by atoms with E-state index in [4.69, 9.17) is 5.26 Å². The van der Waals surface area contributed by atoms with Crippen molar-refractivity contribution in [3.63, 3.8) is 0 Å². The quantitative estimate of drug-likeness (QED) is 0.615. The summed E-state index contributed by atoms with van der Waals surface area (Å²) < 4.78 is 53.1. The van der Waals surface area contributed by atoms with Crippen LogP contribution in [-0.4, -0.2) is 15.9 Å². The van der Waals surface area contributed by atoms with E-state index in [1.807, 2.05) is 0 Å². The Kier molecular flexibility index (Phi) is 5.79. The Morgan fingerprint density at radius 3 is 2.61 bits per heavy atom. The molecule has 0 bridgehead atoms. The lowest BCUT2D eigenvalue weighted by Crippen LogP contribution is -2.31. The van der Waals surface area contributed by atoms with Gasteiger partial charge in [-0.05, 0) is 43.7 Å². The average molecular weight is 432 g/mol. The smallest absolute Gasteiger partial charge is 0.349 e. The zero-order valence-electron chi connectivity index (χ0n) is 16.4. The maximum Gasteiger partial charge on any atom is 0.433 e. The Morgan fingerprint density at radius 1 is 1.29 bits per heavy atom. The second-order valence-electron chi connectivity index (χ2n) is 6.96. The number of pyridine rings is 2. The predicted octanol–water partition coefficient (Wildman–Crippen LogP) is 3.68. The molecular weight excluding hydrogens is 416 g/mol. The van der Waals surface area contributed by atoms with Gasteiger partial charge in [-0.1, -0.05) is 6.07 Å². The number of nitrogens with zero attached hydrogens (tertiary/aromatic N) is 2. The van der Waals surface area contributed by atoms with E-state index in [1.165, 1.54) is 26.0 Å². The Bertz CT molecular complexity index is 1280. The first-order chi connectivity index (χ1) is 14.5. The van der Waals surface area contributed by atoms with Gasteiger partial charge in [-0.2, -0.15) is 18.4 Å². The molecule has 31 heavy (non-hydrogen) atoms. The van der Waals surface area contributed by atoms with Crippen molar-refractivity contribution in [3.8, 4) is 6.07 Å². The number of rotatable bonds is 4. The minimum Gasteiger partial charge on any atom is -0.349 e. The van der Waals surface area contributed by atoms with Crippen molar-refractivity contribution < 1.29 is 22.4 Å². The molecule has 0 unspecified atom stereocenters. The van der Waals surface area contributed by atoms with Crippen molar-refractivity contribution in [2.75, 3.05) is 0 Å². The Balaban J connectivity index is 1.88. The highest BCUT2D eigenvalue weighted by atomic mass is 19.4. The van der Waals surface area contributed by atoms with Crippen LogP contribution in [0, 0.1) is 24.1 Å². The molecule has 0 radical (unpaired) electrons. The van der Waals surface area contributed by atoms with Crippen LogP contribution >= 0.6 is 0 Å². The van der Waals surface area contributed by atoms with Crippen molar-refractivity contribution in [1.82, 2.24) is 15.3 Å². The lowest BCUT2D eigenvalue weighted by molar-refractivity contribution is -0.141. The van der Waals surface area contributed by atoms with E-state index < -0.39 is 41.6 Å². The lowest BCUT2D eigenvalue weighted by atomic mass is 10.0. The van der Waals surface area contributed by atoms with Crippen LogP contribution < -0.4 is 10.9 Å². The second-order valence-corrected chi connectivity index (χ2v) is 6.96. The number of benzene rings is 1. The van der Waals surface area contributed by atoms with Gasteiger partial charge in [0.2, 0.25) is 5.91 Å². The highest BCUT2D eigenvalue weighted by molar-refractivity contribution is 5.83. The van der Waals surface area contributed by atoms with Crippen molar-refractivity contribution in [3.05, 3.63) is 74.5 Å². The van der Waals surface area contributed by atoms with Crippen LogP contribution in [0.15, 0.2) is 35.1 Å². The SMILES string of the molecule is Cc1c(CC(=O)N[C@H](C)c2ccc(C#N)cc2F)c(=O)[nH]c2ccc(C(F)(F)F)nc12. The van der Waals surface area contributed by atoms with E-state index in [0.717, 1.165) is 18.2 Å². The van der Waals surface area contributed by atoms with Crippen molar-refractivity contribution >= 4 is 16.9 Å². The van der Waals surface area contributed by atoms with E-state index in [1.54, 1.807) is 6.07 Å². The molecule has 10 heteroatoms. The molecule has 160 valence electrons. The standard InChI is InChI=1S/C21H16F4N4O2/c1-10-14(20(31)28-16-5-6-17(21(23,24)25)29-19(10)16)8-18(30)27-11(2)13-4-3-12(9-26)7-15(13)22/h3-7,11H,8H2,1-2H3,(H,27,30)(H,28,31)/t11-/m1/s1. The first-order valence-corrected chi connectivity index (χ1v) is 9.10. The zero-order valence-corrected chi connectivity index (χ0v) is 16.4. The van der Waals surface area contributed by atoms with Gasteiger partial charge in [-0.25, -0.2) is 9.37 Å². The monoisotopic (exact) mass is 432 g/mol. The molecule has 0 fully saturated rings. The minimum atomic E-state index is -4.66. The molecule has 3 aromatic rings. The molecule has 0 aliphatic rings. The van der Waals surface area contributed by atoms with Gasteiger partial charge in [0.15, 0.2) is 0 Å². The van der Waals surface area contributed by atoms with Gasteiger partial charge in [0, 0.05) is 11.1 Å². The molecule has 1 atom stereocenters. The molecule has 1 amide bonds. The van der Waals surface area contributed by atoms with Crippen LogP contribution in [0.5, 0.6) is 0 Å². The number of hydrogen-bond acceptors (Lipinski definition) is 4. The fourth-order valence-electron chi connectivity index (χ4n) is 3.21. The largest absolute Gasteiger partial charge is 0.433 e. The summed E-state index contributed by atoms with van der Waals surface area (Å²) in [5.41, 5.74) is -1.30. The van der Waals surface area contributed by atoms with Gasteiger partial charge < -0.3 is 10.3 Å². The number of aromatic amines is 1. The normalized spacial score (nSPS) is 12.4. The Hall–Kier alpha value is -3.74. The average Bonchev–Trinajstić information content (AvgIpc) is 2.69. The highest BCUT2D eigenvalue weighted by Crippen LogP contribution is 2.29. The van der Waals surface area contributed by atoms with Gasteiger partial charge in [-0.3, -0.25) is 9.59 Å².